The largest absolute Gasteiger partial charge is 0.377 e. The van der Waals surface area contributed by atoms with Gasteiger partial charge in [0.2, 0.25) is 0 Å². The SMILES string of the molecule is CCNC1C(CN(C)CC2CCCO2)C(C)(C)OC1(C)C. The molecule has 0 aromatic carbocycles. The van der Waals surface area contributed by atoms with Gasteiger partial charge in [0.15, 0.2) is 0 Å². The number of likely N-dealkylation sites (N-methyl/N-ethyl adjacent to an activating group) is 2. The molecule has 4 heteroatoms. The summed E-state index contributed by atoms with van der Waals surface area (Å²) in [6.07, 6.45) is 2.84. The summed E-state index contributed by atoms with van der Waals surface area (Å²) in [6, 6.07) is 0.393. The van der Waals surface area contributed by atoms with Gasteiger partial charge in [-0.2, -0.15) is 0 Å². The van der Waals surface area contributed by atoms with E-state index < -0.39 is 0 Å². The van der Waals surface area contributed by atoms with Crippen molar-refractivity contribution in [2.75, 3.05) is 33.3 Å². The van der Waals surface area contributed by atoms with Crippen molar-refractivity contribution in [3.05, 3.63) is 0 Å². The topological polar surface area (TPSA) is 33.7 Å². The molecule has 2 rings (SSSR count). The summed E-state index contributed by atoms with van der Waals surface area (Å²) >= 11 is 0. The minimum atomic E-state index is -0.116. The molecular weight excluding hydrogens is 264 g/mol. The van der Waals surface area contributed by atoms with Crippen LogP contribution in [0.4, 0.5) is 0 Å². The van der Waals surface area contributed by atoms with Gasteiger partial charge >= 0.3 is 0 Å². The lowest BCUT2D eigenvalue weighted by atomic mass is 9.82. The standard InChI is InChI=1S/C17H34N2O2/c1-7-18-15-14(16(2,3)21-17(15,4)5)12-19(6)11-13-9-8-10-20-13/h13-15,18H,7-12H2,1-6H3. The van der Waals surface area contributed by atoms with Crippen molar-refractivity contribution in [3.8, 4) is 0 Å². The van der Waals surface area contributed by atoms with Crippen molar-refractivity contribution in [2.45, 2.75) is 70.8 Å². The Morgan fingerprint density at radius 3 is 2.43 bits per heavy atom. The molecule has 0 amide bonds. The van der Waals surface area contributed by atoms with E-state index in [0.29, 0.717) is 18.1 Å². The van der Waals surface area contributed by atoms with E-state index in [1.807, 2.05) is 0 Å². The monoisotopic (exact) mass is 298 g/mol. The normalized spacial score (nSPS) is 34.7. The van der Waals surface area contributed by atoms with Crippen LogP contribution in [0.25, 0.3) is 0 Å². The molecule has 3 atom stereocenters. The second-order valence-corrected chi connectivity index (χ2v) is 7.81. The lowest BCUT2D eigenvalue weighted by Gasteiger charge is -2.34. The molecule has 0 aliphatic carbocycles. The van der Waals surface area contributed by atoms with Gasteiger partial charge in [-0.1, -0.05) is 6.92 Å². The van der Waals surface area contributed by atoms with Crippen molar-refractivity contribution >= 4 is 0 Å². The fraction of sp³-hybridized carbons (Fsp3) is 1.00. The van der Waals surface area contributed by atoms with Gasteiger partial charge in [-0.05, 0) is 54.1 Å². The Bertz CT molecular complexity index is 338. The Morgan fingerprint density at radius 2 is 1.86 bits per heavy atom. The van der Waals surface area contributed by atoms with Crippen molar-refractivity contribution in [3.63, 3.8) is 0 Å². The van der Waals surface area contributed by atoms with Gasteiger partial charge in [0.05, 0.1) is 17.3 Å². The highest BCUT2D eigenvalue weighted by atomic mass is 16.5. The molecule has 2 fully saturated rings. The smallest absolute Gasteiger partial charge is 0.0790 e. The molecule has 2 aliphatic rings. The van der Waals surface area contributed by atoms with E-state index >= 15 is 0 Å². The molecule has 0 aromatic heterocycles. The van der Waals surface area contributed by atoms with Gasteiger partial charge in [0, 0.05) is 31.7 Å². The summed E-state index contributed by atoms with van der Waals surface area (Å²) < 4.78 is 12.1. The summed E-state index contributed by atoms with van der Waals surface area (Å²) in [7, 11) is 2.21. The Hall–Kier alpha value is -0.160. The van der Waals surface area contributed by atoms with E-state index in [1.54, 1.807) is 0 Å². The zero-order valence-corrected chi connectivity index (χ0v) is 14.7. The van der Waals surface area contributed by atoms with E-state index in [4.69, 9.17) is 9.47 Å². The molecule has 3 unspecified atom stereocenters. The average Bonchev–Trinajstić information content (AvgIpc) is 2.89. The summed E-state index contributed by atoms with van der Waals surface area (Å²) in [5.74, 6) is 0.485. The van der Waals surface area contributed by atoms with E-state index in [2.05, 4.69) is 51.9 Å². The molecule has 124 valence electrons. The molecule has 2 aliphatic heterocycles. The maximum atomic E-state index is 6.36. The number of hydrogen-bond donors (Lipinski definition) is 1. The third kappa shape index (κ3) is 3.98. The first-order chi connectivity index (χ1) is 9.76. The van der Waals surface area contributed by atoms with Crippen LogP contribution in [0.1, 0.15) is 47.5 Å². The number of rotatable bonds is 6. The van der Waals surface area contributed by atoms with Crippen LogP contribution in [0.3, 0.4) is 0 Å². The number of nitrogens with one attached hydrogen (secondary N) is 1. The van der Waals surface area contributed by atoms with E-state index in [9.17, 15) is 0 Å². The summed E-state index contributed by atoms with van der Waals surface area (Å²) in [5.41, 5.74) is -0.212. The van der Waals surface area contributed by atoms with Gasteiger partial charge in [0.1, 0.15) is 0 Å². The third-order valence-corrected chi connectivity index (χ3v) is 5.04. The quantitative estimate of drug-likeness (QED) is 0.816. The van der Waals surface area contributed by atoms with Crippen molar-refractivity contribution < 1.29 is 9.47 Å². The van der Waals surface area contributed by atoms with E-state index in [0.717, 1.165) is 26.2 Å². The van der Waals surface area contributed by atoms with Gasteiger partial charge in [-0.15, -0.1) is 0 Å². The molecule has 0 saturated carbocycles. The Labute approximate surface area is 130 Å². The van der Waals surface area contributed by atoms with Gasteiger partial charge < -0.3 is 19.7 Å². The molecule has 0 spiro atoms. The fourth-order valence-corrected chi connectivity index (χ4v) is 4.18. The number of hydrogen-bond acceptors (Lipinski definition) is 4. The fourth-order valence-electron chi connectivity index (χ4n) is 4.18. The number of nitrogens with zero attached hydrogens (tertiary/aromatic N) is 1. The van der Waals surface area contributed by atoms with Crippen molar-refractivity contribution in [1.82, 2.24) is 10.2 Å². The first-order valence-corrected chi connectivity index (χ1v) is 8.50. The number of ether oxygens (including phenoxy) is 2. The highest BCUT2D eigenvalue weighted by Crippen LogP contribution is 2.42. The maximum absolute atomic E-state index is 6.36. The van der Waals surface area contributed by atoms with Crippen LogP contribution in [0, 0.1) is 5.92 Å². The zero-order valence-electron chi connectivity index (χ0n) is 14.7. The first kappa shape index (κ1) is 17.2. The molecule has 0 radical (unpaired) electrons. The minimum Gasteiger partial charge on any atom is -0.377 e. The molecule has 4 nitrogen and oxygen atoms in total. The molecule has 2 heterocycles. The third-order valence-electron chi connectivity index (χ3n) is 5.04. The van der Waals surface area contributed by atoms with Crippen LogP contribution in [0.2, 0.25) is 0 Å². The molecule has 0 aromatic rings. The van der Waals surface area contributed by atoms with Crippen molar-refractivity contribution in [2.24, 2.45) is 5.92 Å². The van der Waals surface area contributed by atoms with Gasteiger partial charge in [-0.3, -0.25) is 0 Å². The maximum Gasteiger partial charge on any atom is 0.0790 e. The molecule has 1 N–H and O–H groups in total. The van der Waals surface area contributed by atoms with Crippen LogP contribution >= 0.6 is 0 Å². The highest BCUT2D eigenvalue weighted by Gasteiger charge is 2.53. The average molecular weight is 298 g/mol. The Kier molecular flexibility index (Phi) is 5.35. The lowest BCUT2D eigenvalue weighted by molar-refractivity contribution is -0.0797. The van der Waals surface area contributed by atoms with E-state index in [1.165, 1.54) is 12.8 Å². The minimum absolute atomic E-state index is 0.0961. The predicted octanol–water partition coefficient (Wildman–Crippen LogP) is 2.28. The molecular formula is C17H34N2O2. The summed E-state index contributed by atoms with van der Waals surface area (Å²) in [5, 5.41) is 3.66. The first-order valence-electron chi connectivity index (χ1n) is 8.50. The molecule has 21 heavy (non-hydrogen) atoms. The van der Waals surface area contributed by atoms with Crippen LogP contribution in [-0.2, 0) is 9.47 Å². The van der Waals surface area contributed by atoms with Crippen molar-refractivity contribution in [1.29, 1.82) is 0 Å². The lowest BCUT2D eigenvalue weighted by Crippen LogP contribution is -2.51. The zero-order chi connectivity index (χ0) is 15.7. The van der Waals surface area contributed by atoms with E-state index in [-0.39, 0.29) is 11.2 Å². The molecule has 2 saturated heterocycles. The van der Waals surface area contributed by atoms with Crippen LogP contribution in [0.15, 0.2) is 0 Å². The predicted molar refractivity (Wildman–Crippen MR) is 86.7 cm³/mol. The second kappa shape index (κ2) is 6.53. The van der Waals surface area contributed by atoms with Crippen LogP contribution < -0.4 is 5.32 Å². The van der Waals surface area contributed by atoms with Gasteiger partial charge in [-0.25, -0.2) is 0 Å². The Morgan fingerprint density at radius 1 is 1.14 bits per heavy atom. The second-order valence-electron chi connectivity index (χ2n) is 7.81. The summed E-state index contributed by atoms with van der Waals surface area (Å²) in [6.45, 7) is 15.1. The van der Waals surface area contributed by atoms with Crippen LogP contribution in [0.5, 0.6) is 0 Å². The molecule has 0 bridgehead atoms. The van der Waals surface area contributed by atoms with Crippen LogP contribution in [-0.4, -0.2) is 61.5 Å². The Balaban J connectivity index is 2.00. The highest BCUT2D eigenvalue weighted by molar-refractivity contribution is 5.06. The summed E-state index contributed by atoms with van der Waals surface area (Å²) in [4.78, 5) is 2.43. The van der Waals surface area contributed by atoms with Gasteiger partial charge in [0.25, 0.3) is 0 Å².